The van der Waals surface area contributed by atoms with E-state index < -0.39 is 36.0 Å². The summed E-state index contributed by atoms with van der Waals surface area (Å²) < 4.78 is 0. The van der Waals surface area contributed by atoms with Gasteiger partial charge in [-0.15, -0.1) is 0 Å². The second-order valence-corrected chi connectivity index (χ2v) is 6.06. The van der Waals surface area contributed by atoms with Crippen molar-refractivity contribution in [2.45, 2.75) is 19.0 Å². The summed E-state index contributed by atoms with van der Waals surface area (Å²) in [4.78, 5) is 37.8. The van der Waals surface area contributed by atoms with Gasteiger partial charge in [0.1, 0.15) is 12.0 Å². The third-order valence-corrected chi connectivity index (χ3v) is 4.53. The van der Waals surface area contributed by atoms with Gasteiger partial charge in [-0.2, -0.15) is 0 Å². The number of urea groups is 1. The van der Waals surface area contributed by atoms with Crippen LogP contribution < -0.4 is 16.4 Å². The lowest BCUT2D eigenvalue weighted by atomic mass is 9.89. The molecule has 0 aliphatic carbocycles. The molecular formula is C16H22N4O5. The number of hydrogen-bond donors (Lipinski definition) is 4. The average molecular weight is 350 g/mol. The zero-order chi connectivity index (χ0) is 18.7. The lowest BCUT2D eigenvalue weighted by Crippen LogP contribution is -2.64. The largest absolute Gasteiger partial charge is 0.481 e. The molecule has 25 heavy (non-hydrogen) atoms. The number of benzene rings is 1. The molecule has 1 aromatic rings. The minimum atomic E-state index is -1.65. The Bertz CT molecular complexity index is 680. The van der Waals surface area contributed by atoms with Gasteiger partial charge in [-0.25, -0.2) is 4.79 Å². The number of aliphatic carboxylic acids is 2. The number of nitrogens with two attached hydrogens (primary N) is 2. The zero-order valence-corrected chi connectivity index (χ0v) is 13.8. The number of carboxylic acid groups (broad SMARTS) is 2. The number of nitrogens with zero attached hydrogens (tertiary/aromatic N) is 2. The van der Waals surface area contributed by atoms with Gasteiger partial charge >= 0.3 is 18.0 Å². The smallest absolute Gasteiger partial charge is 0.321 e. The van der Waals surface area contributed by atoms with Crippen molar-refractivity contribution >= 4 is 23.7 Å². The normalized spacial score (nSPS) is 20.0. The van der Waals surface area contributed by atoms with E-state index in [1.54, 1.807) is 0 Å². The molecule has 0 aromatic heterocycles. The average Bonchev–Trinajstić information content (AvgIpc) is 2.54. The van der Waals surface area contributed by atoms with E-state index in [1.165, 1.54) is 4.90 Å². The molecular weight excluding hydrogens is 328 g/mol. The number of para-hydroxylation sites is 1. The van der Waals surface area contributed by atoms with Crippen molar-refractivity contribution in [2.24, 2.45) is 17.4 Å². The molecule has 2 rings (SSSR count). The second-order valence-electron chi connectivity index (χ2n) is 6.06. The number of carbonyl (C=O) groups excluding carboxylic acids is 1. The molecule has 1 aliphatic rings. The van der Waals surface area contributed by atoms with Crippen molar-refractivity contribution in [3.8, 4) is 0 Å². The van der Waals surface area contributed by atoms with Crippen molar-refractivity contribution in [3.63, 3.8) is 0 Å². The first-order chi connectivity index (χ1) is 11.7. The summed E-state index contributed by atoms with van der Waals surface area (Å²) in [5.74, 6) is -4.29. The summed E-state index contributed by atoms with van der Waals surface area (Å²) in [5, 5.41) is 18.7. The third-order valence-electron chi connectivity index (χ3n) is 4.53. The standard InChI is InChI=1S/C16H22N4O5/c1-9-4-2-3-5-10(9)19-6-7-20(16(18)25)11(8-19)12(14(21)22)13(17)15(23)24/h2-5,11-13H,6-8,17H2,1H3,(H2,18,25)(H,21,22)(H,23,24)/t11?,12?,13-/m0/s1. The quantitative estimate of drug-likeness (QED) is 0.568. The third kappa shape index (κ3) is 3.82. The topological polar surface area (TPSA) is 150 Å². The van der Waals surface area contributed by atoms with Crippen LogP contribution in [0.15, 0.2) is 24.3 Å². The number of amides is 2. The fourth-order valence-corrected chi connectivity index (χ4v) is 3.24. The Morgan fingerprint density at radius 1 is 1.16 bits per heavy atom. The lowest BCUT2D eigenvalue weighted by molar-refractivity contribution is -0.152. The molecule has 136 valence electrons. The van der Waals surface area contributed by atoms with Crippen LogP contribution in [-0.4, -0.2) is 64.8 Å². The van der Waals surface area contributed by atoms with Crippen molar-refractivity contribution in [1.82, 2.24) is 4.90 Å². The van der Waals surface area contributed by atoms with E-state index in [1.807, 2.05) is 36.1 Å². The Kier molecular flexibility index (Phi) is 5.48. The van der Waals surface area contributed by atoms with E-state index in [4.69, 9.17) is 16.6 Å². The number of piperazine rings is 1. The number of rotatable bonds is 5. The van der Waals surface area contributed by atoms with Gasteiger partial charge < -0.3 is 31.5 Å². The molecule has 2 amide bonds. The van der Waals surface area contributed by atoms with Crippen LogP contribution in [0.4, 0.5) is 10.5 Å². The van der Waals surface area contributed by atoms with E-state index in [0.29, 0.717) is 6.54 Å². The number of carbonyl (C=O) groups is 3. The van der Waals surface area contributed by atoms with Crippen LogP contribution >= 0.6 is 0 Å². The molecule has 1 saturated heterocycles. The van der Waals surface area contributed by atoms with Crippen LogP contribution in [0.3, 0.4) is 0 Å². The number of hydrogen-bond acceptors (Lipinski definition) is 5. The maximum Gasteiger partial charge on any atom is 0.321 e. The van der Waals surface area contributed by atoms with Crippen LogP contribution in [0.5, 0.6) is 0 Å². The van der Waals surface area contributed by atoms with Gasteiger partial charge in [0.15, 0.2) is 0 Å². The summed E-state index contributed by atoms with van der Waals surface area (Å²) in [6.45, 7) is 2.69. The first kappa shape index (κ1) is 18.5. The molecule has 0 bridgehead atoms. The van der Waals surface area contributed by atoms with Gasteiger partial charge in [0.25, 0.3) is 0 Å². The summed E-state index contributed by atoms with van der Waals surface area (Å²) in [7, 11) is 0. The van der Waals surface area contributed by atoms with Gasteiger partial charge in [0, 0.05) is 25.3 Å². The van der Waals surface area contributed by atoms with Crippen molar-refractivity contribution in [1.29, 1.82) is 0 Å². The van der Waals surface area contributed by atoms with Crippen molar-refractivity contribution < 1.29 is 24.6 Å². The number of carboxylic acids is 2. The zero-order valence-electron chi connectivity index (χ0n) is 13.8. The Balaban J connectivity index is 2.38. The molecule has 1 aliphatic heterocycles. The van der Waals surface area contributed by atoms with Gasteiger partial charge in [-0.1, -0.05) is 18.2 Å². The van der Waals surface area contributed by atoms with Crippen molar-refractivity contribution in [2.75, 3.05) is 24.5 Å². The Labute approximate surface area is 144 Å². The maximum absolute atomic E-state index is 11.7. The Morgan fingerprint density at radius 2 is 1.80 bits per heavy atom. The van der Waals surface area contributed by atoms with Gasteiger partial charge in [-0.3, -0.25) is 9.59 Å². The van der Waals surface area contributed by atoms with E-state index in [2.05, 4.69) is 0 Å². The minimum absolute atomic E-state index is 0.131. The molecule has 0 radical (unpaired) electrons. The molecule has 1 fully saturated rings. The molecule has 0 saturated carbocycles. The van der Waals surface area contributed by atoms with E-state index in [9.17, 15) is 19.5 Å². The molecule has 2 unspecified atom stereocenters. The monoisotopic (exact) mass is 350 g/mol. The predicted molar refractivity (Wildman–Crippen MR) is 90.2 cm³/mol. The summed E-state index contributed by atoms with van der Waals surface area (Å²) >= 11 is 0. The van der Waals surface area contributed by atoms with Crippen LogP contribution in [0, 0.1) is 12.8 Å². The molecule has 9 heteroatoms. The molecule has 1 aromatic carbocycles. The van der Waals surface area contributed by atoms with Crippen molar-refractivity contribution in [3.05, 3.63) is 29.8 Å². The highest BCUT2D eigenvalue weighted by atomic mass is 16.4. The molecule has 9 nitrogen and oxygen atoms in total. The fraction of sp³-hybridized carbons (Fsp3) is 0.438. The second kappa shape index (κ2) is 7.39. The van der Waals surface area contributed by atoms with E-state index in [-0.39, 0.29) is 13.1 Å². The highest BCUT2D eigenvalue weighted by Gasteiger charge is 2.44. The van der Waals surface area contributed by atoms with Crippen LogP contribution in [0.1, 0.15) is 5.56 Å². The first-order valence-corrected chi connectivity index (χ1v) is 7.82. The fourth-order valence-electron chi connectivity index (χ4n) is 3.24. The molecule has 0 spiro atoms. The van der Waals surface area contributed by atoms with Crippen LogP contribution in [0.25, 0.3) is 0 Å². The van der Waals surface area contributed by atoms with Gasteiger partial charge in [0.05, 0.1) is 6.04 Å². The SMILES string of the molecule is Cc1ccccc1N1CCN(C(N)=O)C(C(C(=O)O)[C@H](N)C(=O)O)C1. The Morgan fingerprint density at radius 3 is 2.32 bits per heavy atom. The number of anilines is 1. The minimum Gasteiger partial charge on any atom is -0.481 e. The highest BCUT2D eigenvalue weighted by molar-refractivity contribution is 5.84. The molecule has 6 N–H and O–H groups in total. The van der Waals surface area contributed by atoms with E-state index in [0.717, 1.165) is 11.3 Å². The predicted octanol–water partition coefficient (Wildman–Crippen LogP) is -0.323. The van der Waals surface area contributed by atoms with Crippen LogP contribution in [0.2, 0.25) is 0 Å². The molecule has 1 heterocycles. The highest BCUT2D eigenvalue weighted by Crippen LogP contribution is 2.26. The van der Waals surface area contributed by atoms with Crippen LogP contribution in [-0.2, 0) is 9.59 Å². The number of aryl methyl sites for hydroxylation is 1. The first-order valence-electron chi connectivity index (χ1n) is 7.82. The lowest BCUT2D eigenvalue weighted by Gasteiger charge is -2.44. The Hall–Kier alpha value is -2.81. The van der Waals surface area contributed by atoms with E-state index >= 15 is 0 Å². The maximum atomic E-state index is 11.7. The number of primary amides is 1. The summed E-state index contributed by atoms with van der Waals surface area (Å²) in [6.07, 6.45) is 0. The van der Waals surface area contributed by atoms with Gasteiger partial charge in [0.2, 0.25) is 0 Å². The summed E-state index contributed by atoms with van der Waals surface area (Å²) in [5.41, 5.74) is 12.8. The van der Waals surface area contributed by atoms with Gasteiger partial charge in [-0.05, 0) is 18.6 Å². The molecule has 3 atom stereocenters. The summed E-state index contributed by atoms with van der Waals surface area (Å²) in [6, 6.07) is 4.15.